The maximum absolute atomic E-state index is 13.6. The average molecular weight is 519 g/mol. The zero-order valence-corrected chi connectivity index (χ0v) is 22.1. The molecule has 0 aliphatic heterocycles. The number of anilines is 2. The van der Waals surface area contributed by atoms with Gasteiger partial charge in [0, 0.05) is 18.9 Å². The first-order valence-corrected chi connectivity index (χ1v) is 13.3. The molecule has 0 saturated heterocycles. The normalized spacial score (nSPS) is 11.2. The summed E-state index contributed by atoms with van der Waals surface area (Å²) in [4.78, 5) is 16.9. The Labute approximate surface area is 217 Å². The zero-order valence-electron chi connectivity index (χ0n) is 21.3. The van der Waals surface area contributed by atoms with E-state index in [1.165, 1.54) is 16.8 Å². The predicted octanol–water partition coefficient (Wildman–Crippen LogP) is 5.08. The molecule has 0 spiro atoms. The Balaban J connectivity index is 1.59. The monoisotopic (exact) mass is 518 g/mol. The molecule has 0 saturated carbocycles. The molecule has 0 radical (unpaired) electrons. The van der Waals surface area contributed by atoms with Gasteiger partial charge in [0.2, 0.25) is 0 Å². The lowest BCUT2D eigenvalue weighted by Gasteiger charge is -2.24. The van der Waals surface area contributed by atoms with Crippen LogP contribution < -0.4 is 14.4 Å². The van der Waals surface area contributed by atoms with Crippen LogP contribution in [0.5, 0.6) is 5.75 Å². The summed E-state index contributed by atoms with van der Waals surface area (Å²) in [6.45, 7) is 6.35. The van der Waals surface area contributed by atoms with Gasteiger partial charge in [0.1, 0.15) is 5.75 Å². The Morgan fingerprint density at radius 3 is 2.41 bits per heavy atom. The van der Waals surface area contributed by atoms with Gasteiger partial charge in [-0.2, -0.15) is 8.42 Å². The average Bonchev–Trinajstić information content (AvgIpc) is 3.33. The first kappa shape index (κ1) is 26.0. The van der Waals surface area contributed by atoms with Gasteiger partial charge in [-0.05, 0) is 73.9 Å². The van der Waals surface area contributed by atoms with E-state index < -0.39 is 10.0 Å². The summed E-state index contributed by atoms with van der Waals surface area (Å²) in [6.07, 6.45) is 2.95. The minimum atomic E-state index is -3.92. The van der Waals surface area contributed by atoms with Crippen molar-refractivity contribution < 1.29 is 17.9 Å². The maximum atomic E-state index is 13.6. The van der Waals surface area contributed by atoms with E-state index >= 15 is 0 Å². The first-order valence-electron chi connectivity index (χ1n) is 11.9. The number of nitrogens with zero attached hydrogens (tertiary/aromatic N) is 3. The fourth-order valence-electron chi connectivity index (χ4n) is 3.82. The topological polar surface area (TPSA) is 93.5 Å². The molecule has 4 aromatic rings. The molecule has 1 heterocycles. The Hall–Kier alpha value is -4.11. The Bertz CT molecular complexity index is 1510. The molecule has 0 aliphatic rings. The Morgan fingerprint density at radius 2 is 1.76 bits per heavy atom. The van der Waals surface area contributed by atoms with Gasteiger partial charge < -0.3 is 14.6 Å². The molecule has 192 valence electrons. The maximum Gasteiger partial charge on any atom is 0.283 e. The van der Waals surface area contributed by atoms with Gasteiger partial charge in [0.25, 0.3) is 15.9 Å². The number of hydrogen-bond donors (Lipinski definition) is 1. The fourth-order valence-corrected chi connectivity index (χ4v) is 5.24. The van der Waals surface area contributed by atoms with E-state index in [0.29, 0.717) is 29.3 Å². The fraction of sp³-hybridized carbons (Fsp3) is 0.214. The molecule has 3 aromatic carbocycles. The third kappa shape index (κ3) is 5.83. The number of aromatic nitrogens is 2. The van der Waals surface area contributed by atoms with Gasteiger partial charge in [-0.15, -0.1) is 0 Å². The number of para-hydroxylation sites is 1. The van der Waals surface area contributed by atoms with Gasteiger partial charge in [-0.1, -0.05) is 30.3 Å². The molecule has 4 rings (SSSR count). The minimum absolute atomic E-state index is 0.0231. The number of carbonyl (C=O) groups excluding carboxylic acids is 1. The number of sulfonamides is 1. The Morgan fingerprint density at radius 1 is 1.03 bits per heavy atom. The van der Waals surface area contributed by atoms with E-state index in [9.17, 15) is 13.2 Å². The van der Waals surface area contributed by atoms with Crippen molar-refractivity contribution in [3.05, 3.63) is 102 Å². The molecule has 0 fully saturated rings. The molecule has 1 N–H and O–H groups in total. The van der Waals surface area contributed by atoms with Crippen LogP contribution in [0.2, 0.25) is 0 Å². The lowest BCUT2D eigenvalue weighted by atomic mass is 10.1. The van der Waals surface area contributed by atoms with Crippen molar-refractivity contribution in [3.8, 4) is 5.75 Å². The summed E-state index contributed by atoms with van der Waals surface area (Å²) >= 11 is 0. The van der Waals surface area contributed by atoms with E-state index in [1.54, 1.807) is 60.1 Å². The summed E-state index contributed by atoms with van der Waals surface area (Å²) in [5, 5.41) is 2.86. The highest BCUT2D eigenvalue weighted by Gasteiger charge is 2.28. The molecular formula is C28H30N4O4S. The van der Waals surface area contributed by atoms with Crippen molar-refractivity contribution in [1.82, 2.24) is 9.55 Å². The van der Waals surface area contributed by atoms with E-state index in [1.807, 2.05) is 39.0 Å². The second kappa shape index (κ2) is 10.9. The minimum Gasteiger partial charge on any atom is -0.493 e. The number of imidazole rings is 1. The van der Waals surface area contributed by atoms with Crippen molar-refractivity contribution >= 4 is 27.3 Å². The summed E-state index contributed by atoms with van der Waals surface area (Å²) in [5.41, 5.74) is 4.40. The van der Waals surface area contributed by atoms with Crippen LogP contribution in [-0.4, -0.2) is 30.5 Å². The molecule has 0 bridgehead atoms. The second-order valence-corrected chi connectivity index (χ2v) is 10.5. The molecule has 0 unspecified atom stereocenters. The molecule has 37 heavy (non-hydrogen) atoms. The van der Waals surface area contributed by atoms with Crippen molar-refractivity contribution in [2.45, 2.75) is 32.3 Å². The molecular weight excluding hydrogens is 488 g/mol. The van der Waals surface area contributed by atoms with Crippen LogP contribution in [0.1, 0.15) is 34.0 Å². The zero-order chi connectivity index (χ0) is 26.6. The van der Waals surface area contributed by atoms with Crippen molar-refractivity contribution in [2.24, 2.45) is 7.05 Å². The lowest BCUT2D eigenvalue weighted by Crippen LogP contribution is -2.31. The van der Waals surface area contributed by atoms with E-state index in [4.69, 9.17) is 4.74 Å². The number of rotatable bonds is 9. The highest BCUT2D eigenvalue weighted by atomic mass is 32.2. The van der Waals surface area contributed by atoms with Crippen LogP contribution in [0.15, 0.2) is 84.3 Å². The third-order valence-corrected chi connectivity index (χ3v) is 7.64. The summed E-state index contributed by atoms with van der Waals surface area (Å²) < 4.78 is 35.7. The van der Waals surface area contributed by atoms with Gasteiger partial charge in [-0.3, -0.25) is 9.10 Å². The van der Waals surface area contributed by atoms with Crippen LogP contribution in [0.4, 0.5) is 11.4 Å². The number of amides is 1. The quantitative estimate of drug-likeness (QED) is 0.333. The van der Waals surface area contributed by atoms with Crippen LogP contribution in [0, 0.1) is 13.8 Å². The standard InChI is InChI=1S/C28H30N4O4S/c1-5-36-26-9-7-6-8-25(26)28(33)30-23-13-11-22(12-14-23)17-32(24-15-10-20(2)21(3)16-24)37(34,35)27-18-31(4)19-29-27/h6-16,18-19H,5,17H2,1-4H3,(H,30,33). The number of carbonyl (C=O) groups is 1. The van der Waals surface area contributed by atoms with Gasteiger partial charge in [-0.25, -0.2) is 4.98 Å². The van der Waals surface area contributed by atoms with Gasteiger partial charge in [0.05, 0.1) is 30.7 Å². The smallest absolute Gasteiger partial charge is 0.283 e. The largest absolute Gasteiger partial charge is 0.493 e. The van der Waals surface area contributed by atoms with Crippen molar-refractivity contribution in [3.63, 3.8) is 0 Å². The third-order valence-electron chi connectivity index (χ3n) is 5.98. The van der Waals surface area contributed by atoms with Gasteiger partial charge >= 0.3 is 0 Å². The van der Waals surface area contributed by atoms with Crippen molar-refractivity contribution in [1.29, 1.82) is 0 Å². The van der Waals surface area contributed by atoms with Crippen molar-refractivity contribution in [2.75, 3.05) is 16.2 Å². The molecule has 1 amide bonds. The number of aryl methyl sites for hydroxylation is 3. The highest BCUT2D eigenvalue weighted by molar-refractivity contribution is 7.92. The van der Waals surface area contributed by atoms with E-state index in [2.05, 4.69) is 10.3 Å². The second-order valence-electron chi connectivity index (χ2n) is 8.74. The number of benzene rings is 3. The van der Waals surface area contributed by atoms with Crippen LogP contribution >= 0.6 is 0 Å². The first-order chi connectivity index (χ1) is 17.7. The number of ether oxygens (including phenoxy) is 1. The molecule has 8 nitrogen and oxygen atoms in total. The predicted molar refractivity (Wildman–Crippen MR) is 144 cm³/mol. The highest BCUT2D eigenvalue weighted by Crippen LogP contribution is 2.28. The number of hydrogen-bond acceptors (Lipinski definition) is 5. The number of nitrogens with one attached hydrogen (secondary N) is 1. The molecule has 9 heteroatoms. The summed E-state index contributed by atoms with van der Waals surface area (Å²) in [7, 11) is -2.19. The van der Waals surface area contributed by atoms with E-state index in [0.717, 1.165) is 16.7 Å². The molecule has 1 aromatic heterocycles. The lowest BCUT2D eigenvalue weighted by molar-refractivity contribution is 0.102. The van der Waals surface area contributed by atoms with Gasteiger partial charge in [0.15, 0.2) is 5.03 Å². The van der Waals surface area contributed by atoms with Crippen LogP contribution in [0.25, 0.3) is 0 Å². The summed E-state index contributed by atoms with van der Waals surface area (Å²) in [5.74, 6) is 0.231. The SMILES string of the molecule is CCOc1ccccc1C(=O)Nc1ccc(CN(c2ccc(C)c(C)c2)S(=O)(=O)c2cn(C)cn2)cc1. The van der Waals surface area contributed by atoms with Crippen LogP contribution in [0.3, 0.4) is 0 Å². The molecule has 0 atom stereocenters. The van der Waals surface area contributed by atoms with Crippen LogP contribution in [-0.2, 0) is 23.6 Å². The summed E-state index contributed by atoms with van der Waals surface area (Å²) in [6, 6.07) is 19.7. The van der Waals surface area contributed by atoms with E-state index in [-0.39, 0.29) is 17.5 Å². The Kier molecular flexibility index (Phi) is 7.63. The molecule has 0 aliphatic carbocycles.